The number of furan rings is 1. The van der Waals surface area contributed by atoms with E-state index in [0.29, 0.717) is 55.2 Å². The number of aromatic carboxylic acids is 1. The summed E-state index contributed by atoms with van der Waals surface area (Å²) in [6.45, 7) is 4.47. The number of ether oxygens (including phenoxy) is 1. The van der Waals surface area contributed by atoms with E-state index in [-0.39, 0.29) is 29.9 Å². The molecule has 0 aliphatic heterocycles. The normalized spacial score (nSPS) is 22.1. The molecule has 0 radical (unpaired) electrons. The van der Waals surface area contributed by atoms with Crippen LogP contribution >= 0.6 is 0 Å². The van der Waals surface area contributed by atoms with E-state index in [1.165, 1.54) is 6.07 Å². The van der Waals surface area contributed by atoms with Crippen LogP contribution in [-0.2, 0) is 14.3 Å². The molecule has 1 aromatic carbocycles. The van der Waals surface area contributed by atoms with Crippen LogP contribution in [0.15, 0.2) is 28.7 Å². The minimum atomic E-state index is -1.20. The second-order valence-corrected chi connectivity index (χ2v) is 12.8. The zero-order valence-electron chi connectivity index (χ0n) is 26.2. The van der Waals surface area contributed by atoms with Crippen LogP contribution in [0.2, 0.25) is 0 Å². The first-order valence-corrected chi connectivity index (χ1v) is 15.2. The average Bonchev–Trinajstić information content (AvgIpc) is 3.39. The first-order chi connectivity index (χ1) is 20.7. The number of carbonyl (C=O) groups is 4. The monoisotopic (exact) mass is 602 g/mol. The van der Waals surface area contributed by atoms with Gasteiger partial charge in [-0.15, -0.1) is 0 Å². The fourth-order valence-corrected chi connectivity index (χ4v) is 6.02. The number of carboxylic acids is 1. The molecule has 2 atom stereocenters. The average molecular weight is 603 g/mol. The van der Waals surface area contributed by atoms with Crippen LogP contribution < -0.4 is 16.0 Å². The second-order valence-electron chi connectivity index (χ2n) is 12.8. The molecule has 11 heteroatoms. The van der Waals surface area contributed by atoms with Crippen molar-refractivity contribution in [1.82, 2.24) is 10.6 Å². The first kappa shape index (κ1) is 30.8. The van der Waals surface area contributed by atoms with E-state index < -0.39 is 48.2 Å². The number of amides is 3. The van der Waals surface area contributed by atoms with E-state index >= 15 is 0 Å². The van der Waals surface area contributed by atoms with Crippen LogP contribution in [-0.4, -0.2) is 53.3 Å². The van der Waals surface area contributed by atoms with E-state index in [0.717, 1.165) is 19.3 Å². The Kier molecular flexibility index (Phi) is 10.2. The minimum absolute atomic E-state index is 0.145. The summed E-state index contributed by atoms with van der Waals surface area (Å²) < 4.78 is 33.4. The number of halogens is 1. The molecule has 4 rings (SSSR count). The van der Waals surface area contributed by atoms with Gasteiger partial charge in [0.05, 0.1) is 6.04 Å². The van der Waals surface area contributed by atoms with Gasteiger partial charge in [-0.2, -0.15) is 0 Å². The summed E-state index contributed by atoms with van der Waals surface area (Å²) in [5, 5.41) is 18.1. The lowest BCUT2D eigenvalue weighted by Crippen LogP contribution is -2.49. The first-order valence-electron chi connectivity index (χ1n) is 15.7. The summed E-state index contributed by atoms with van der Waals surface area (Å²) in [4.78, 5) is 50.5. The predicted molar refractivity (Wildman–Crippen MR) is 160 cm³/mol. The zero-order chi connectivity index (χ0) is 32.1. The van der Waals surface area contributed by atoms with Crippen LogP contribution in [0, 0.1) is 17.7 Å². The van der Waals surface area contributed by atoms with Crippen molar-refractivity contribution in [3.05, 3.63) is 30.0 Å². The maximum Gasteiger partial charge on any atom is 0.407 e. The van der Waals surface area contributed by atoms with Crippen LogP contribution in [0.4, 0.5) is 14.9 Å². The van der Waals surface area contributed by atoms with Crippen LogP contribution in [0.3, 0.4) is 0 Å². The third-order valence-electron chi connectivity index (χ3n) is 8.26. The number of fused-ring (bicyclic) bond motifs is 1. The molecular weight excluding hydrogens is 557 g/mol. The lowest BCUT2D eigenvalue weighted by Gasteiger charge is -2.34. The lowest BCUT2D eigenvalue weighted by atomic mass is 9.78. The van der Waals surface area contributed by atoms with Gasteiger partial charge < -0.3 is 30.2 Å². The van der Waals surface area contributed by atoms with Gasteiger partial charge in [-0.3, -0.25) is 9.59 Å². The standard InChI is InChI=1S/C32H44FN3O7/c1-32(2,3)43-31(41)36-25(18-33)20-9-11-21(12-10-20)28(37)35-24(15-19-7-5-4-6-8-19)29(38)34-23-13-14-26-22(16-23)17-27(42-26)30(39)40/h13-14,16-17,19-21,24-25H,4-12,15,18H2,1-3H3,(H,34,38)(H,35,37)(H,36,41)(H,39,40)/t20?,21?,24-,25+/m0/s1/i19D. The van der Waals surface area contributed by atoms with Gasteiger partial charge in [-0.1, -0.05) is 32.1 Å². The molecule has 2 aliphatic rings. The van der Waals surface area contributed by atoms with Gasteiger partial charge in [0.2, 0.25) is 17.6 Å². The molecule has 0 saturated heterocycles. The SMILES string of the molecule is [2H]C1(C[C@H](NC(=O)C2CCC([C@@H](CF)NC(=O)OC(C)(C)C)CC2)C(=O)Nc2ccc3oc(C(=O)O)cc3c2)CCCCC1. The number of nitrogens with one attached hydrogen (secondary N) is 3. The van der Waals surface area contributed by atoms with Crippen molar-refractivity contribution in [3.63, 3.8) is 0 Å². The summed E-state index contributed by atoms with van der Waals surface area (Å²) in [6.07, 6.45) is 5.64. The van der Waals surface area contributed by atoms with E-state index in [9.17, 15) is 28.7 Å². The predicted octanol–water partition coefficient (Wildman–Crippen LogP) is 6.19. The third-order valence-corrected chi connectivity index (χ3v) is 8.26. The number of alkyl carbamates (subject to hydrolysis) is 1. The molecule has 0 spiro atoms. The maximum absolute atomic E-state index is 13.9. The highest BCUT2D eigenvalue weighted by atomic mass is 19.1. The summed E-state index contributed by atoms with van der Waals surface area (Å²) in [7, 11) is 0. The molecule has 4 N–H and O–H groups in total. The molecule has 236 valence electrons. The van der Waals surface area contributed by atoms with Crippen molar-refractivity contribution in [2.45, 2.75) is 103 Å². The van der Waals surface area contributed by atoms with E-state index in [1.807, 2.05) is 0 Å². The van der Waals surface area contributed by atoms with Crippen molar-refractivity contribution in [2.75, 3.05) is 12.0 Å². The Labute approximate surface area is 252 Å². The van der Waals surface area contributed by atoms with E-state index in [1.54, 1.807) is 39.0 Å². The summed E-state index contributed by atoms with van der Waals surface area (Å²) >= 11 is 0. The molecule has 3 amide bonds. The highest BCUT2D eigenvalue weighted by molar-refractivity contribution is 5.99. The molecule has 2 aromatic rings. The number of anilines is 1. The topological polar surface area (TPSA) is 147 Å². The quantitative estimate of drug-likeness (QED) is 0.253. The Morgan fingerprint density at radius 1 is 1.05 bits per heavy atom. The molecule has 1 heterocycles. The largest absolute Gasteiger partial charge is 0.475 e. The van der Waals surface area contributed by atoms with Gasteiger partial charge in [0.15, 0.2) is 0 Å². The van der Waals surface area contributed by atoms with Gasteiger partial charge in [0.25, 0.3) is 0 Å². The van der Waals surface area contributed by atoms with Crippen molar-refractivity contribution in [2.24, 2.45) is 17.7 Å². The summed E-state index contributed by atoms with van der Waals surface area (Å²) in [5.41, 5.74) is 0.0798. The van der Waals surface area contributed by atoms with E-state index in [4.69, 9.17) is 10.5 Å². The molecule has 1 aromatic heterocycles. The Bertz CT molecular complexity index is 1340. The number of benzene rings is 1. The molecule has 2 fully saturated rings. The highest BCUT2D eigenvalue weighted by Gasteiger charge is 2.34. The van der Waals surface area contributed by atoms with Crippen LogP contribution in [0.25, 0.3) is 11.0 Å². The highest BCUT2D eigenvalue weighted by Crippen LogP contribution is 2.33. The molecule has 0 bridgehead atoms. The van der Waals surface area contributed by atoms with Gasteiger partial charge in [0.1, 0.15) is 23.9 Å². The smallest absolute Gasteiger partial charge is 0.407 e. The number of carboxylic acid groups (broad SMARTS) is 1. The number of rotatable bonds is 10. The number of hydrogen-bond acceptors (Lipinski definition) is 6. The Hall–Kier alpha value is -3.63. The van der Waals surface area contributed by atoms with Crippen LogP contribution in [0.1, 0.15) is 96.9 Å². The third kappa shape index (κ3) is 9.18. The molecule has 43 heavy (non-hydrogen) atoms. The van der Waals surface area contributed by atoms with Gasteiger partial charge in [-0.25, -0.2) is 14.0 Å². The zero-order valence-corrected chi connectivity index (χ0v) is 25.2. The number of alkyl halides is 1. The van der Waals surface area contributed by atoms with Gasteiger partial charge in [0, 0.05) is 18.4 Å². The van der Waals surface area contributed by atoms with Crippen molar-refractivity contribution < 1.29 is 39.2 Å². The number of hydrogen-bond donors (Lipinski definition) is 4. The molecule has 10 nitrogen and oxygen atoms in total. The fraction of sp³-hybridized carbons (Fsp3) is 0.625. The lowest BCUT2D eigenvalue weighted by molar-refractivity contribution is -0.130. The van der Waals surface area contributed by atoms with Crippen molar-refractivity contribution in [1.29, 1.82) is 0 Å². The molecule has 2 saturated carbocycles. The summed E-state index contributed by atoms with van der Waals surface area (Å²) in [5.74, 6) is -3.51. The molecule has 0 unspecified atom stereocenters. The van der Waals surface area contributed by atoms with E-state index in [2.05, 4.69) is 16.0 Å². The fourth-order valence-electron chi connectivity index (χ4n) is 6.02. The Balaban J connectivity index is 1.40. The maximum atomic E-state index is 13.9. The minimum Gasteiger partial charge on any atom is -0.475 e. The van der Waals surface area contributed by atoms with Crippen LogP contribution in [0.5, 0.6) is 0 Å². The second kappa shape index (κ2) is 14.2. The van der Waals surface area contributed by atoms with Gasteiger partial charge in [-0.05, 0) is 89.0 Å². The van der Waals surface area contributed by atoms with Crippen molar-refractivity contribution in [3.8, 4) is 0 Å². The van der Waals surface area contributed by atoms with Crippen molar-refractivity contribution >= 4 is 40.5 Å². The summed E-state index contributed by atoms with van der Waals surface area (Å²) in [6, 6.07) is 4.49. The Morgan fingerprint density at radius 2 is 1.74 bits per heavy atom. The van der Waals surface area contributed by atoms with Gasteiger partial charge >= 0.3 is 12.1 Å². The molecule has 2 aliphatic carbocycles. The molecular formula is C32H44FN3O7. The number of carbonyl (C=O) groups excluding carboxylic acids is 3. The Morgan fingerprint density at radius 3 is 2.37 bits per heavy atom.